The average Bonchev–Trinajstić information content (AvgIpc) is 3.30. The van der Waals surface area contributed by atoms with E-state index in [1.54, 1.807) is 60.7 Å². The zero-order valence-electron chi connectivity index (χ0n) is 21.0. The molecule has 5 aromatic rings. The van der Waals surface area contributed by atoms with Crippen LogP contribution in [0.4, 0.5) is 0 Å². The molecule has 6 rings (SSSR count). The van der Waals surface area contributed by atoms with Gasteiger partial charge in [-0.1, -0.05) is 48.0 Å². The Kier molecular flexibility index (Phi) is 6.58. The van der Waals surface area contributed by atoms with Gasteiger partial charge in [0.2, 0.25) is 5.78 Å². The average molecular weight is 575 g/mol. The smallest absolute Gasteiger partial charge is 0.268 e. The van der Waals surface area contributed by atoms with E-state index in [-0.39, 0.29) is 27.7 Å². The standard InChI is InChI=1S/C30H23ClN2O6S/c31-22-8-6-19-13-29(25(30(32)35)11-20(19)10-22)39-17-28(34)26-14-33(40(36,37)23-4-2-1-3-5-23)27-12-18(7-9-24(26)27)21-15-38-16-21/h1-14,21H,15-17H2,(H2,32,35). The second-order valence-corrected chi connectivity index (χ2v) is 11.8. The van der Waals surface area contributed by atoms with Crippen LogP contribution in [-0.4, -0.2) is 43.9 Å². The SMILES string of the molecule is NC(=O)c1cc2cc(Cl)ccc2cc1OCC(=O)c1cn(S(=O)(=O)c2ccccc2)c2cc(C3COC3)ccc12. The van der Waals surface area contributed by atoms with E-state index in [1.807, 2.05) is 6.07 Å². The van der Waals surface area contributed by atoms with E-state index in [1.165, 1.54) is 18.3 Å². The van der Waals surface area contributed by atoms with Crippen molar-refractivity contribution in [3.05, 3.63) is 107 Å². The fourth-order valence-electron chi connectivity index (χ4n) is 4.80. The van der Waals surface area contributed by atoms with Gasteiger partial charge in [0.1, 0.15) is 5.75 Å². The number of ether oxygens (including phenoxy) is 2. The summed E-state index contributed by atoms with van der Waals surface area (Å²) in [5.41, 5.74) is 7.18. The number of halogens is 1. The number of nitrogens with two attached hydrogens (primary N) is 1. The normalized spacial score (nSPS) is 13.8. The number of carbonyl (C=O) groups excluding carboxylic acids is 2. The van der Waals surface area contributed by atoms with Gasteiger partial charge in [0.05, 0.1) is 29.2 Å². The molecule has 1 fully saturated rings. The lowest BCUT2D eigenvalue weighted by Crippen LogP contribution is -2.25. The number of fused-ring (bicyclic) bond motifs is 2. The Morgan fingerprint density at radius 3 is 2.42 bits per heavy atom. The van der Waals surface area contributed by atoms with Gasteiger partial charge < -0.3 is 15.2 Å². The van der Waals surface area contributed by atoms with Crippen molar-refractivity contribution in [1.29, 1.82) is 0 Å². The number of hydrogen-bond donors (Lipinski definition) is 1. The predicted octanol–water partition coefficient (Wildman–Crippen LogP) is 5.16. The lowest BCUT2D eigenvalue weighted by atomic mass is 9.96. The molecule has 1 aliphatic heterocycles. The number of aromatic nitrogens is 1. The summed E-state index contributed by atoms with van der Waals surface area (Å²) in [5, 5.41) is 2.42. The van der Waals surface area contributed by atoms with Gasteiger partial charge in [-0.15, -0.1) is 0 Å². The number of carbonyl (C=O) groups is 2. The molecule has 202 valence electrons. The Labute approximate surface area is 234 Å². The van der Waals surface area contributed by atoms with Crippen LogP contribution in [0.3, 0.4) is 0 Å². The number of ketones is 1. The summed E-state index contributed by atoms with van der Waals surface area (Å²) in [5.74, 6) is -0.881. The Morgan fingerprint density at radius 1 is 0.950 bits per heavy atom. The molecular weight excluding hydrogens is 552 g/mol. The Balaban J connectivity index is 1.39. The molecule has 8 nitrogen and oxygen atoms in total. The molecule has 0 bridgehead atoms. The van der Waals surface area contributed by atoms with Crippen LogP contribution in [-0.2, 0) is 14.8 Å². The zero-order valence-corrected chi connectivity index (χ0v) is 22.6. The van der Waals surface area contributed by atoms with Crippen LogP contribution >= 0.6 is 11.6 Å². The van der Waals surface area contributed by atoms with E-state index < -0.39 is 28.3 Å². The first-order valence-corrected chi connectivity index (χ1v) is 14.3. The number of hydrogen-bond acceptors (Lipinski definition) is 6. The first kappa shape index (κ1) is 26.1. The molecule has 0 spiro atoms. The molecule has 1 aliphatic rings. The maximum absolute atomic E-state index is 13.6. The van der Waals surface area contributed by atoms with Gasteiger partial charge in [-0.05, 0) is 58.8 Å². The van der Waals surface area contributed by atoms with Crippen molar-refractivity contribution in [1.82, 2.24) is 3.97 Å². The third-order valence-corrected chi connectivity index (χ3v) is 8.95. The van der Waals surface area contributed by atoms with E-state index in [0.717, 1.165) is 14.9 Å². The van der Waals surface area contributed by atoms with Crippen molar-refractivity contribution in [2.45, 2.75) is 10.8 Å². The summed E-state index contributed by atoms with van der Waals surface area (Å²) in [6.07, 6.45) is 1.33. The van der Waals surface area contributed by atoms with Crippen molar-refractivity contribution in [3.8, 4) is 5.75 Å². The summed E-state index contributed by atoms with van der Waals surface area (Å²) in [6.45, 7) is 0.664. The lowest BCUT2D eigenvalue weighted by molar-refractivity contribution is 0.00847. The minimum absolute atomic E-state index is 0.0990. The molecule has 0 unspecified atom stereocenters. The van der Waals surface area contributed by atoms with Crippen molar-refractivity contribution in [2.24, 2.45) is 5.73 Å². The molecule has 0 saturated carbocycles. The van der Waals surface area contributed by atoms with E-state index in [2.05, 4.69) is 0 Å². The van der Waals surface area contributed by atoms with Crippen LogP contribution in [0.2, 0.25) is 5.02 Å². The zero-order chi connectivity index (χ0) is 28.0. The molecule has 1 saturated heterocycles. The van der Waals surface area contributed by atoms with Gasteiger partial charge in [-0.25, -0.2) is 12.4 Å². The van der Waals surface area contributed by atoms with Gasteiger partial charge in [0.25, 0.3) is 15.9 Å². The number of nitrogens with zero attached hydrogens (tertiary/aromatic N) is 1. The minimum Gasteiger partial charge on any atom is -0.485 e. The highest BCUT2D eigenvalue weighted by molar-refractivity contribution is 7.90. The maximum atomic E-state index is 13.6. The largest absolute Gasteiger partial charge is 0.485 e. The van der Waals surface area contributed by atoms with E-state index in [0.29, 0.717) is 34.5 Å². The molecule has 40 heavy (non-hydrogen) atoms. The second kappa shape index (κ2) is 10.1. The van der Waals surface area contributed by atoms with E-state index in [4.69, 9.17) is 26.8 Å². The van der Waals surface area contributed by atoms with E-state index in [9.17, 15) is 18.0 Å². The van der Waals surface area contributed by atoms with Crippen LogP contribution < -0.4 is 10.5 Å². The Bertz CT molecular complexity index is 1910. The highest BCUT2D eigenvalue weighted by atomic mass is 35.5. The lowest BCUT2D eigenvalue weighted by Gasteiger charge is -2.26. The number of amides is 1. The molecule has 0 atom stereocenters. The predicted molar refractivity (Wildman–Crippen MR) is 152 cm³/mol. The van der Waals surface area contributed by atoms with Gasteiger partial charge >= 0.3 is 0 Å². The Morgan fingerprint density at radius 2 is 1.73 bits per heavy atom. The van der Waals surface area contributed by atoms with Crippen molar-refractivity contribution >= 4 is 55.0 Å². The monoisotopic (exact) mass is 574 g/mol. The summed E-state index contributed by atoms with van der Waals surface area (Å²) >= 11 is 6.08. The quantitative estimate of drug-likeness (QED) is 0.256. The maximum Gasteiger partial charge on any atom is 0.268 e. The minimum atomic E-state index is -4.00. The van der Waals surface area contributed by atoms with Crippen LogP contribution in [0.25, 0.3) is 21.7 Å². The van der Waals surface area contributed by atoms with Crippen LogP contribution in [0.5, 0.6) is 5.75 Å². The molecule has 4 aromatic carbocycles. The summed E-state index contributed by atoms with van der Waals surface area (Å²) in [6, 6.07) is 21.8. The van der Waals surface area contributed by atoms with Gasteiger partial charge in [-0.2, -0.15) is 0 Å². The molecule has 2 heterocycles. The fraction of sp³-hybridized carbons (Fsp3) is 0.133. The number of rotatable bonds is 8. The van der Waals surface area contributed by atoms with Gasteiger partial charge in [0.15, 0.2) is 6.61 Å². The number of primary amides is 1. The summed E-state index contributed by atoms with van der Waals surface area (Å²) in [7, 11) is -4.00. The second-order valence-electron chi connectivity index (χ2n) is 9.58. The fourth-order valence-corrected chi connectivity index (χ4v) is 6.37. The van der Waals surface area contributed by atoms with Crippen LogP contribution in [0.15, 0.2) is 90.0 Å². The summed E-state index contributed by atoms with van der Waals surface area (Å²) < 4.78 is 39.5. The van der Waals surface area contributed by atoms with E-state index >= 15 is 0 Å². The topological polar surface area (TPSA) is 118 Å². The number of benzene rings is 4. The van der Waals surface area contributed by atoms with Crippen LogP contribution in [0, 0.1) is 0 Å². The highest BCUT2D eigenvalue weighted by Crippen LogP contribution is 2.33. The Hall–Kier alpha value is -4.18. The van der Waals surface area contributed by atoms with Crippen molar-refractivity contribution in [2.75, 3.05) is 19.8 Å². The molecular formula is C30H23ClN2O6S. The van der Waals surface area contributed by atoms with Gasteiger partial charge in [-0.3, -0.25) is 9.59 Å². The van der Waals surface area contributed by atoms with Gasteiger partial charge in [0, 0.05) is 28.1 Å². The van der Waals surface area contributed by atoms with Crippen molar-refractivity contribution < 1.29 is 27.5 Å². The third kappa shape index (κ3) is 4.62. The molecule has 1 aromatic heterocycles. The number of Topliss-reactive ketones (excluding diaryl/α,β-unsaturated/α-hetero) is 1. The highest BCUT2D eigenvalue weighted by Gasteiger charge is 2.27. The molecule has 1 amide bonds. The molecule has 0 aliphatic carbocycles. The molecule has 2 N–H and O–H groups in total. The molecule has 0 radical (unpaired) electrons. The van der Waals surface area contributed by atoms with Crippen molar-refractivity contribution in [3.63, 3.8) is 0 Å². The summed E-state index contributed by atoms with van der Waals surface area (Å²) in [4.78, 5) is 25.7. The molecule has 10 heteroatoms. The third-order valence-electron chi connectivity index (χ3n) is 7.03. The first-order chi connectivity index (χ1) is 19.2. The first-order valence-electron chi connectivity index (χ1n) is 12.4. The van der Waals surface area contributed by atoms with Crippen LogP contribution in [0.1, 0.15) is 32.2 Å².